The van der Waals surface area contributed by atoms with Gasteiger partial charge in [-0.15, -0.1) is 11.3 Å². The number of amides is 2. The maximum atomic E-state index is 13.6. The third kappa shape index (κ3) is 5.37. The second-order valence-electron chi connectivity index (χ2n) is 8.72. The zero-order chi connectivity index (χ0) is 22.5. The van der Waals surface area contributed by atoms with Crippen LogP contribution in [0.4, 0.5) is 0 Å². The Kier molecular flexibility index (Phi) is 7.22. The standard InChI is InChI=1S/C26H30N2O3S/c1-19(2)16-28(26(30)24-11-5-8-20-7-3-4-10-23(20)24)18-21-17-27(12-13-31-21)25(29)15-22-9-6-14-32-22/h3-11,14,19,21H,12-13,15-18H2,1-2H3/t21-/m0/s1. The summed E-state index contributed by atoms with van der Waals surface area (Å²) in [6, 6.07) is 17.8. The summed E-state index contributed by atoms with van der Waals surface area (Å²) < 4.78 is 5.99. The Bertz CT molecular complexity index is 1060. The van der Waals surface area contributed by atoms with Crippen LogP contribution in [0.3, 0.4) is 0 Å². The van der Waals surface area contributed by atoms with Gasteiger partial charge in [-0.25, -0.2) is 0 Å². The van der Waals surface area contributed by atoms with Gasteiger partial charge in [-0.2, -0.15) is 0 Å². The highest BCUT2D eigenvalue weighted by Crippen LogP contribution is 2.21. The lowest BCUT2D eigenvalue weighted by molar-refractivity contribution is -0.138. The van der Waals surface area contributed by atoms with Crippen LogP contribution in [0.25, 0.3) is 10.8 Å². The fourth-order valence-electron chi connectivity index (χ4n) is 4.24. The lowest BCUT2D eigenvalue weighted by Crippen LogP contribution is -2.51. The molecule has 2 aromatic carbocycles. The Morgan fingerprint density at radius 1 is 1.12 bits per heavy atom. The van der Waals surface area contributed by atoms with Crippen LogP contribution < -0.4 is 0 Å². The third-order valence-corrected chi connectivity index (χ3v) is 6.59. The summed E-state index contributed by atoms with van der Waals surface area (Å²) in [5.41, 5.74) is 0.713. The lowest BCUT2D eigenvalue weighted by atomic mass is 10.0. The highest BCUT2D eigenvalue weighted by molar-refractivity contribution is 7.10. The summed E-state index contributed by atoms with van der Waals surface area (Å²) in [6.07, 6.45) is 0.239. The van der Waals surface area contributed by atoms with Crippen molar-refractivity contribution in [1.82, 2.24) is 9.80 Å². The number of carbonyl (C=O) groups is 2. The van der Waals surface area contributed by atoms with Crippen LogP contribution in [0.2, 0.25) is 0 Å². The van der Waals surface area contributed by atoms with Gasteiger partial charge in [0.1, 0.15) is 0 Å². The average molecular weight is 451 g/mol. The zero-order valence-electron chi connectivity index (χ0n) is 18.7. The van der Waals surface area contributed by atoms with Crippen molar-refractivity contribution < 1.29 is 14.3 Å². The van der Waals surface area contributed by atoms with E-state index in [1.807, 2.05) is 69.8 Å². The van der Waals surface area contributed by atoms with Gasteiger partial charge in [0, 0.05) is 36.6 Å². The second-order valence-corrected chi connectivity index (χ2v) is 9.75. The maximum absolute atomic E-state index is 13.6. The van der Waals surface area contributed by atoms with Crippen LogP contribution in [-0.4, -0.2) is 60.5 Å². The molecule has 1 atom stereocenters. The molecule has 5 nitrogen and oxygen atoms in total. The first kappa shape index (κ1) is 22.5. The molecule has 2 heterocycles. The first-order valence-electron chi connectivity index (χ1n) is 11.2. The predicted octanol–water partition coefficient (Wildman–Crippen LogP) is 4.47. The Balaban J connectivity index is 1.48. The lowest BCUT2D eigenvalue weighted by Gasteiger charge is -2.36. The molecule has 6 heteroatoms. The van der Waals surface area contributed by atoms with Crippen molar-refractivity contribution in [3.05, 3.63) is 70.4 Å². The van der Waals surface area contributed by atoms with E-state index in [0.29, 0.717) is 50.7 Å². The predicted molar refractivity (Wildman–Crippen MR) is 129 cm³/mol. The molecule has 3 aromatic rings. The molecule has 0 unspecified atom stereocenters. The van der Waals surface area contributed by atoms with E-state index in [1.165, 1.54) is 0 Å². The van der Waals surface area contributed by atoms with Gasteiger partial charge < -0.3 is 14.5 Å². The second kappa shape index (κ2) is 10.3. The summed E-state index contributed by atoms with van der Waals surface area (Å²) in [5, 5.41) is 4.01. The molecule has 1 saturated heterocycles. The number of benzene rings is 2. The number of ether oxygens (including phenoxy) is 1. The monoisotopic (exact) mass is 450 g/mol. The number of hydrogen-bond donors (Lipinski definition) is 0. The minimum atomic E-state index is -0.186. The summed E-state index contributed by atoms with van der Waals surface area (Å²) in [4.78, 5) is 31.2. The molecule has 1 aliphatic rings. The Morgan fingerprint density at radius 3 is 2.72 bits per heavy atom. The number of fused-ring (bicyclic) bond motifs is 1. The highest BCUT2D eigenvalue weighted by Gasteiger charge is 2.28. The van der Waals surface area contributed by atoms with Crippen molar-refractivity contribution in [2.45, 2.75) is 26.4 Å². The van der Waals surface area contributed by atoms with E-state index < -0.39 is 0 Å². The summed E-state index contributed by atoms with van der Waals surface area (Å²) in [5.74, 6) is 0.465. The van der Waals surface area contributed by atoms with Crippen LogP contribution in [0.15, 0.2) is 60.0 Å². The molecule has 32 heavy (non-hydrogen) atoms. The van der Waals surface area contributed by atoms with Crippen LogP contribution in [0, 0.1) is 5.92 Å². The molecule has 0 saturated carbocycles. The first-order valence-corrected chi connectivity index (χ1v) is 12.1. The van der Waals surface area contributed by atoms with Gasteiger partial charge in [0.2, 0.25) is 5.91 Å². The molecule has 0 spiro atoms. The van der Waals surface area contributed by atoms with E-state index >= 15 is 0 Å². The molecule has 0 N–H and O–H groups in total. The fourth-order valence-corrected chi connectivity index (χ4v) is 4.94. The molecule has 4 rings (SSSR count). The van der Waals surface area contributed by atoms with E-state index in [4.69, 9.17) is 4.74 Å². The molecule has 0 radical (unpaired) electrons. The number of morpholine rings is 1. The van der Waals surface area contributed by atoms with Crippen molar-refractivity contribution >= 4 is 33.9 Å². The van der Waals surface area contributed by atoms with E-state index in [2.05, 4.69) is 13.8 Å². The number of nitrogens with zero attached hydrogens (tertiary/aromatic N) is 2. The number of hydrogen-bond acceptors (Lipinski definition) is 4. The molecule has 168 valence electrons. The Hall–Kier alpha value is -2.70. The quantitative estimate of drug-likeness (QED) is 0.534. The van der Waals surface area contributed by atoms with Gasteiger partial charge >= 0.3 is 0 Å². The van der Waals surface area contributed by atoms with Gasteiger partial charge in [0.25, 0.3) is 5.91 Å². The maximum Gasteiger partial charge on any atom is 0.254 e. The molecule has 1 aromatic heterocycles. The number of rotatable bonds is 7. The SMILES string of the molecule is CC(C)CN(C[C@@H]1CN(C(=O)Cc2cccs2)CCO1)C(=O)c1cccc2ccccc12. The molecule has 1 fully saturated rings. The minimum Gasteiger partial charge on any atom is -0.373 e. The van der Waals surface area contributed by atoms with Crippen LogP contribution in [0.5, 0.6) is 0 Å². The first-order chi connectivity index (χ1) is 15.5. The molecular weight excluding hydrogens is 420 g/mol. The average Bonchev–Trinajstić information content (AvgIpc) is 3.31. The Morgan fingerprint density at radius 2 is 1.94 bits per heavy atom. The van der Waals surface area contributed by atoms with Crippen molar-refractivity contribution in [1.29, 1.82) is 0 Å². The van der Waals surface area contributed by atoms with Crippen molar-refractivity contribution in [2.24, 2.45) is 5.92 Å². The largest absolute Gasteiger partial charge is 0.373 e. The van der Waals surface area contributed by atoms with Crippen LogP contribution >= 0.6 is 11.3 Å². The summed E-state index contributed by atoms with van der Waals surface area (Å²) in [6.45, 7) is 6.96. The van der Waals surface area contributed by atoms with Crippen molar-refractivity contribution in [2.75, 3.05) is 32.8 Å². The van der Waals surface area contributed by atoms with E-state index in [1.54, 1.807) is 11.3 Å². The topological polar surface area (TPSA) is 49.9 Å². The van der Waals surface area contributed by atoms with Crippen molar-refractivity contribution in [3.8, 4) is 0 Å². The van der Waals surface area contributed by atoms with Crippen molar-refractivity contribution in [3.63, 3.8) is 0 Å². The summed E-state index contributed by atoms with van der Waals surface area (Å²) in [7, 11) is 0. The van der Waals surface area contributed by atoms with Gasteiger partial charge in [-0.05, 0) is 34.2 Å². The molecule has 2 amide bonds. The normalized spacial score (nSPS) is 16.5. The van der Waals surface area contributed by atoms with Gasteiger partial charge in [0.15, 0.2) is 0 Å². The molecule has 0 bridgehead atoms. The number of carbonyl (C=O) groups excluding carboxylic acids is 2. The van der Waals surface area contributed by atoms with Gasteiger partial charge in [-0.1, -0.05) is 56.3 Å². The third-order valence-electron chi connectivity index (χ3n) is 5.71. The smallest absolute Gasteiger partial charge is 0.254 e. The molecule has 1 aliphatic heterocycles. The van der Waals surface area contributed by atoms with Gasteiger partial charge in [0.05, 0.1) is 19.1 Å². The summed E-state index contributed by atoms with van der Waals surface area (Å²) >= 11 is 1.60. The zero-order valence-corrected chi connectivity index (χ0v) is 19.5. The molecular formula is C26H30N2O3S. The van der Waals surface area contributed by atoms with Crippen LogP contribution in [0.1, 0.15) is 29.1 Å². The minimum absolute atomic E-state index is 0.0149. The van der Waals surface area contributed by atoms with E-state index in [9.17, 15) is 9.59 Å². The molecule has 0 aliphatic carbocycles. The Labute approximate surface area is 193 Å². The fraction of sp³-hybridized carbons (Fsp3) is 0.385. The van der Waals surface area contributed by atoms with Gasteiger partial charge in [-0.3, -0.25) is 9.59 Å². The van der Waals surface area contributed by atoms with E-state index in [-0.39, 0.29) is 17.9 Å². The number of thiophene rings is 1. The van der Waals surface area contributed by atoms with Crippen LogP contribution in [-0.2, 0) is 16.0 Å². The van der Waals surface area contributed by atoms with E-state index in [0.717, 1.165) is 15.6 Å². The highest BCUT2D eigenvalue weighted by atomic mass is 32.1.